The van der Waals surface area contributed by atoms with Crippen molar-refractivity contribution in [2.75, 3.05) is 0 Å². The molecule has 0 radical (unpaired) electrons. The number of carboxylic acid groups (broad SMARTS) is 1. The van der Waals surface area contributed by atoms with E-state index in [1.807, 2.05) is 0 Å². The van der Waals surface area contributed by atoms with Crippen LogP contribution < -0.4 is 0 Å². The molecule has 0 unspecified atom stereocenters. The zero-order valence-corrected chi connectivity index (χ0v) is 10.0. The summed E-state index contributed by atoms with van der Waals surface area (Å²) in [6, 6.07) is 3.41. The molecule has 0 spiro atoms. The zero-order chi connectivity index (χ0) is 13.1. The zero-order valence-electron chi connectivity index (χ0n) is 10.0. The van der Waals surface area contributed by atoms with Gasteiger partial charge in [-0.05, 0) is 42.9 Å². The first-order chi connectivity index (χ1) is 8.56. The lowest BCUT2D eigenvalue weighted by molar-refractivity contribution is -0.144. The van der Waals surface area contributed by atoms with E-state index in [1.165, 1.54) is 12.1 Å². The fourth-order valence-corrected chi connectivity index (χ4v) is 2.81. The molecule has 1 aliphatic carbocycles. The van der Waals surface area contributed by atoms with Crippen LogP contribution in [0.5, 0.6) is 0 Å². The van der Waals surface area contributed by atoms with Gasteiger partial charge >= 0.3 is 5.97 Å². The number of rotatable bonds is 3. The third-order valence-corrected chi connectivity index (χ3v) is 3.65. The highest BCUT2D eigenvalue weighted by Gasteiger charge is 2.30. The smallest absolute Gasteiger partial charge is 0.306 e. The lowest BCUT2D eigenvalue weighted by Crippen LogP contribution is -2.28. The molecule has 1 saturated carbocycles. The first kappa shape index (κ1) is 13.0. The highest BCUT2D eigenvalue weighted by atomic mass is 19.1. The minimum atomic E-state index is -0.795. The number of hydrogen-bond acceptors (Lipinski definition) is 1. The van der Waals surface area contributed by atoms with Crippen LogP contribution in [0.4, 0.5) is 8.78 Å². The Labute approximate surface area is 105 Å². The van der Waals surface area contributed by atoms with Gasteiger partial charge < -0.3 is 5.11 Å². The van der Waals surface area contributed by atoms with E-state index < -0.39 is 17.6 Å². The lowest BCUT2D eigenvalue weighted by Gasteiger charge is -2.28. The quantitative estimate of drug-likeness (QED) is 0.897. The Morgan fingerprint density at radius 3 is 2.39 bits per heavy atom. The van der Waals surface area contributed by atoms with Gasteiger partial charge in [0.05, 0.1) is 5.92 Å². The number of benzene rings is 1. The second kappa shape index (κ2) is 5.46. The molecule has 0 heterocycles. The molecule has 2 atom stereocenters. The van der Waals surface area contributed by atoms with Crippen molar-refractivity contribution in [3.05, 3.63) is 35.4 Å². The predicted molar refractivity (Wildman–Crippen MR) is 63.1 cm³/mol. The van der Waals surface area contributed by atoms with Gasteiger partial charge in [0, 0.05) is 6.07 Å². The van der Waals surface area contributed by atoms with Crippen LogP contribution in [0.15, 0.2) is 18.2 Å². The second-order valence-corrected chi connectivity index (χ2v) is 4.97. The van der Waals surface area contributed by atoms with E-state index in [-0.39, 0.29) is 11.8 Å². The van der Waals surface area contributed by atoms with Crippen LogP contribution in [0.1, 0.15) is 31.2 Å². The summed E-state index contributed by atoms with van der Waals surface area (Å²) in [6.45, 7) is 0. The lowest BCUT2D eigenvalue weighted by atomic mass is 9.76. The van der Waals surface area contributed by atoms with Gasteiger partial charge in [0.15, 0.2) is 0 Å². The van der Waals surface area contributed by atoms with Crippen molar-refractivity contribution in [1.82, 2.24) is 0 Å². The third kappa shape index (κ3) is 3.06. The van der Waals surface area contributed by atoms with Gasteiger partial charge in [-0.25, -0.2) is 8.78 Å². The Balaban J connectivity index is 2.13. The van der Waals surface area contributed by atoms with Crippen molar-refractivity contribution in [3.8, 4) is 0 Å². The fourth-order valence-electron chi connectivity index (χ4n) is 2.81. The number of aliphatic carboxylic acids is 1. The third-order valence-electron chi connectivity index (χ3n) is 3.65. The summed E-state index contributed by atoms with van der Waals surface area (Å²) in [5, 5.41) is 9.15. The summed E-state index contributed by atoms with van der Waals surface area (Å²) < 4.78 is 26.2. The topological polar surface area (TPSA) is 37.3 Å². The van der Waals surface area contributed by atoms with Gasteiger partial charge in [-0.3, -0.25) is 4.79 Å². The maximum Gasteiger partial charge on any atom is 0.306 e. The van der Waals surface area contributed by atoms with Crippen LogP contribution in [0, 0.1) is 23.5 Å². The molecule has 0 bridgehead atoms. The maximum absolute atomic E-state index is 13.1. The highest BCUT2D eigenvalue weighted by Crippen LogP contribution is 2.33. The minimum absolute atomic E-state index is 0.0163. The molecule has 1 fully saturated rings. The molecule has 0 saturated heterocycles. The minimum Gasteiger partial charge on any atom is -0.481 e. The molecule has 0 aromatic heterocycles. The van der Waals surface area contributed by atoms with Crippen molar-refractivity contribution in [1.29, 1.82) is 0 Å². The van der Waals surface area contributed by atoms with Crippen LogP contribution >= 0.6 is 0 Å². The first-order valence-corrected chi connectivity index (χ1v) is 6.24. The van der Waals surface area contributed by atoms with Crippen LogP contribution in [-0.4, -0.2) is 11.1 Å². The second-order valence-electron chi connectivity index (χ2n) is 4.97. The largest absolute Gasteiger partial charge is 0.481 e. The summed E-state index contributed by atoms with van der Waals surface area (Å²) in [5.74, 6) is -2.40. The summed E-state index contributed by atoms with van der Waals surface area (Å²) in [6.07, 6.45) is 3.83. The number of carbonyl (C=O) groups is 1. The van der Waals surface area contributed by atoms with E-state index in [9.17, 15) is 13.6 Å². The van der Waals surface area contributed by atoms with Crippen LogP contribution in [0.25, 0.3) is 0 Å². The van der Waals surface area contributed by atoms with E-state index >= 15 is 0 Å². The average molecular weight is 254 g/mol. The molecule has 18 heavy (non-hydrogen) atoms. The van der Waals surface area contributed by atoms with Gasteiger partial charge in [0.25, 0.3) is 0 Å². The molecule has 2 nitrogen and oxygen atoms in total. The van der Waals surface area contributed by atoms with E-state index in [2.05, 4.69) is 0 Å². The molecular weight excluding hydrogens is 238 g/mol. The summed E-state index contributed by atoms with van der Waals surface area (Å²) in [7, 11) is 0. The van der Waals surface area contributed by atoms with Crippen molar-refractivity contribution in [2.24, 2.45) is 11.8 Å². The number of carboxylic acids is 1. The molecule has 4 heteroatoms. The fraction of sp³-hybridized carbons (Fsp3) is 0.500. The molecule has 1 aliphatic rings. The molecule has 1 N–H and O–H groups in total. The highest BCUT2D eigenvalue weighted by molar-refractivity contribution is 5.70. The Morgan fingerprint density at radius 2 is 1.78 bits per heavy atom. The molecule has 0 aliphatic heterocycles. The van der Waals surface area contributed by atoms with Crippen LogP contribution in [0.2, 0.25) is 0 Å². The molecular formula is C14H16F2O2. The summed E-state index contributed by atoms with van der Waals surface area (Å²) >= 11 is 0. The molecule has 1 aromatic rings. The average Bonchev–Trinajstić information content (AvgIpc) is 2.27. The van der Waals surface area contributed by atoms with Crippen molar-refractivity contribution in [2.45, 2.75) is 32.1 Å². The van der Waals surface area contributed by atoms with E-state index in [1.54, 1.807) is 0 Å². The van der Waals surface area contributed by atoms with Crippen molar-refractivity contribution in [3.63, 3.8) is 0 Å². The number of halogens is 2. The predicted octanol–water partition coefficient (Wildman–Crippen LogP) is 3.40. The SMILES string of the molecule is O=C(O)[C@H]1CCCC[C@@H]1Cc1cc(F)cc(F)c1. The van der Waals surface area contributed by atoms with E-state index in [0.29, 0.717) is 18.4 Å². The van der Waals surface area contributed by atoms with Crippen LogP contribution in [-0.2, 0) is 11.2 Å². The van der Waals surface area contributed by atoms with Gasteiger partial charge in [0.1, 0.15) is 11.6 Å². The molecule has 0 amide bonds. The summed E-state index contributed by atoms with van der Waals surface area (Å²) in [4.78, 5) is 11.1. The monoisotopic (exact) mass is 254 g/mol. The van der Waals surface area contributed by atoms with Gasteiger partial charge in [-0.2, -0.15) is 0 Å². The Kier molecular flexibility index (Phi) is 3.94. The Bertz CT molecular complexity index is 425. The van der Waals surface area contributed by atoms with Crippen LogP contribution in [0.3, 0.4) is 0 Å². The molecule has 2 rings (SSSR count). The maximum atomic E-state index is 13.1. The standard InChI is InChI=1S/C14H16F2O2/c15-11-6-9(7-12(16)8-11)5-10-3-1-2-4-13(10)14(17)18/h6-8,10,13H,1-5H2,(H,17,18)/t10-,13+/m1/s1. The molecule has 1 aromatic carbocycles. The van der Waals surface area contributed by atoms with Gasteiger partial charge in [0.2, 0.25) is 0 Å². The van der Waals surface area contributed by atoms with Gasteiger partial charge in [-0.15, -0.1) is 0 Å². The summed E-state index contributed by atoms with van der Waals surface area (Å²) in [5.41, 5.74) is 0.547. The van der Waals surface area contributed by atoms with E-state index in [4.69, 9.17) is 5.11 Å². The number of hydrogen-bond donors (Lipinski definition) is 1. The first-order valence-electron chi connectivity index (χ1n) is 6.24. The van der Waals surface area contributed by atoms with Crippen molar-refractivity contribution < 1.29 is 18.7 Å². The Hall–Kier alpha value is -1.45. The van der Waals surface area contributed by atoms with Gasteiger partial charge in [-0.1, -0.05) is 12.8 Å². The Morgan fingerprint density at radius 1 is 1.17 bits per heavy atom. The van der Waals surface area contributed by atoms with Crippen molar-refractivity contribution >= 4 is 5.97 Å². The molecule has 98 valence electrons. The van der Waals surface area contributed by atoms with E-state index in [0.717, 1.165) is 25.3 Å². The normalized spacial score (nSPS) is 23.9.